The van der Waals surface area contributed by atoms with E-state index in [-0.39, 0.29) is 12.2 Å². The van der Waals surface area contributed by atoms with Gasteiger partial charge in [-0.25, -0.2) is 9.78 Å². The summed E-state index contributed by atoms with van der Waals surface area (Å²) >= 11 is 0. The molecule has 0 unspecified atom stereocenters. The molecule has 0 bridgehead atoms. The normalized spacial score (nSPS) is 14.4. The van der Waals surface area contributed by atoms with Gasteiger partial charge in [0.15, 0.2) is 0 Å². The van der Waals surface area contributed by atoms with Crippen LogP contribution in [0.2, 0.25) is 0 Å². The first-order valence-electron chi connectivity index (χ1n) is 5.44. The van der Waals surface area contributed by atoms with Gasteiger partial charge in [0.2, 0.25) is 0 Å². The molecule has 1 fully saturated rings. The maximum absolute atomic E-state index is 11.2. The molecular weight excluding hydrogens is 254 g/mol. The third-order valence-electron chi connectivity index (χ3n) is 2.46. The summed E-state index contributed by atoms with van der Waals surface area (Å²) in [5.41, 5.74) is -0.0929. The second-order valence-electron chi connectivity index (χ2n) is 3.80. The van der Waals surface area contributed by atoms with E-state index in [1.807, 2.05) is 0 Å². The number of nitrogens with one attached hydrogen (secondary N) is 1. The second-order valence-corrected chi connectivity index (χ2v) is 3.80. The van der Waals surface area contributed by atoms with Gasteiger partial charge < -0.3 is 10.2 Å². The number of amides is 3. The molecule has 0 atom stereocenters. The summed E-state index contributed by atoms with van der Waals surface area (Å²) < 4.78 is 0. The average Bonchev–Trinajstić information content (AvgIpc) is 2.68. The fraction of sp³-hybridized carbons (Fsp3) is 0.300. The molecule has 1 N–H and O–H groups in total. The van der Waals surface area contributed by atoms with Crippen LogP contribution in [0.4, 0.5) is 16.3 Å². The summed E-state index contributed by atoms with van der Waals surface area (Å²) in [6.07, 6.45) is 1.14. The zero-order valence-electron chi connectivity index (χ0n) is 9.78. The maximum atomic E-state index is 11.2. The van der Waals surface area contributed by atoms with Gasteiger partial charge in [0, 0.05) is 19.2 Å². The Morgan fingerprint density at radius 2 is 2.21 bits per heavy atom. The summed E-state index contributed by atoms with van der Waals surface area (Å²) in [6, 6.07) is 2.26. The first-order valence-corrected chi connectivity index (χ1v) is 5.44. The number of aromatic nitrogens is 1. The van der Waals surface area contributed by atoms with Crippen molar-refractivity contribution < 1.29 is 14.5 Å². The van der Waals surface area contributed by atoms with E-state index >= 15 is 0 Å². The molecule has 0 aliphatic carbocycles. The lowest BCUT2D eigenvalue weighted by atomic mass is 10.4. The number of pyridine rings is 1. The molecule has 1 aromatic rings. The highest BCUT2D eigenvalue weighted by Gasteiger charge is 2.28. The number of hydrogen-bond donors (Lipinski definition) is 1. The number of urea groups is 1. The predicted octanol–water partition coefficient (Wildman–Crippen LogP) is -0.0317. The molecule has 19 heavy (non-hydrogen) atoms. The van der Waals surface area contributed by atoms with Gasteiger partial charge >= 0.3 is 6.03 Å². The highest BCUT2D eigenvalue weighted by molar-refractivity contribution is 6.01. The highest BCUT2D eigenvalue weighted by Crippen LogP contribution is 2.11. The number of carbonyl (C=O) groups excluding carboxylic acids is 2. The van der Waals surface area contributed by atoms with Gasteiger partial charge in [0.1, 0.15) is 18.6 Å². The highest BCUT2D eigenvalue weighted by atomic mass is 16.6. The van der Waals surface area contributed by atoms with Gasteiger partial charge in [0.05, 0.1) is 4.92 Å². The van der Waals surface area contributed by atoms with Crippen LogP contribution in [0.1, 0.15) is 0 Å². The van der Waals surface area contributed by atoms with Crippen molar-refractivity contribution in [1.29, 1.82) is 0 Å². The summed E-state index contributed by atoms with van der Waals surface area (Å²) in [5, 5.41) is 16.6. The van der Waals surface area contributed by atoms with Crippen molar-refractivity contribution >= 4 is 23.4 Å². The standard InChI is InChI=1S/C10H10N5O4/c16-9-6-14(10(17)13-9)4-3-11-8-2-1-7(5-12-8)15(18)19/h1-2,5H,3-4,6H2,(H,11,12). The lowest BCUT2D eigenvalue weighted by molar-refractivity contribution is -0.385. The third kappa shape index (κ3) is 3.15. The Hall–Kier alpha value is -2.71. The molecule has 0 spiro atoms. The molecule has 3 amide bonds. The zero-order valence-corrected chi connectivity index (χ0v) is 9.78. The number of nitrogens with zero attached hydrogens (tertiary/aromatic N) is 4. The minimum Gasteiger partial charge on any atom is -0.368 e. The van der Waals surface area contributed by atoms with Gasteiger partial charge in [-0.2, -0.15) is 5.32 Å². The first kappa shape index (κ1) is 12.7. The van der Waals surface area contributed by atoms with Crippen molar-refractivity contribution in [3.63, 3.8) is 0 Å². The Morgan fingerprint density at radius 1 is 1.42 bits per heavy atom. The topological polar surface area (TPSA) is 120 Å². The first-order chi connectivity index (χ1) is 9.06. The molecule has 9 nitrogen and oxygen atoms in total. The molecule has 0 aromatic carbocycles. The summed E-state index contributed by atoms with van der Waals surface area (Å²) in [4.78, 5) is 37.1. The third-order valence-corrected chi connectivity index (χ3v) is 2.46. The Kier molecular flexibility index (Phi) is 3.55. The van der Waals surface area contributed by atoms with E-state index in [1.165, 1.54) is 17.0 Å². The average molecular weight is 264 g/mol. The van der Waals surface area contributed by atoms with E-state index in [0.717, 1.165) is 6.20 Å². The zero-order chi connectivity index (χ0) is 13.8. The van der Waals surface area contributed by atoms with Crippen molar-refractivity contribution in [2.75, 3.05) is 25.0 Å². The summed E-state index contributed by atoms with van der Waals surface area (Å²) in [7, 11) is 0. The van der Waals surface area contributed by atoms with Crippen LogP contribution in [0.25, 0.3) is 0 Å². The van der Waals surface area contributed by atoms with Crippen LogP contribution in [0.15, 0.2) is 18.3 Å². The Labute approximate surface area is 107 Å². The molecule has 99 valence electrons. The molecule has 1 saturated heterocycles. The molecule has 2 heterocycles. The molecule has 2 rings (SSSR count). The SMILES string of the molecule is O=C1CN(CCNc2ccc([N+](=O)[O-])cn2)C(=O)[N]1. The quantitative estimate of drug-likeness (QED) is 0.453. The molecular formula is C10H10N5O4. The number of nitro groups is 1. The number of imide groups is 1. The van der Waals surface area contributed by atoms with Crippen LogP contribution < -0.4 is 10.6 Å². The molecule has 1 aliphatic heterocycles. The van der Waals surface area contributed by atoms with Crippen LogP contribution in [-0.2, 0) is 4.79 Å². The van der Waals surface area contributed by atoms with E-state index in [2.05, 4.69) is 15.6 Å². The molecule has 1 aromatic heterocycles. The van der Waals surface area contributed by atoms with E-state index in [1.54, 1.807) is 0 Å². The fourth-order valence-electron chi connectivity index (χ4n) is 1.54. The van der Waals surface area contributed by atoms with Crippen molar-refractivity contribution in [3.8, 4) is 0 Å². The van der Waals surface area contributed by atoms with Gasteiger partial charge in [-0.15, -0.1) is 0 Å². The smallest absolute Gasteiger partial charge is 0.347 e. The van der Waals surface area contributed by atoms with Gasteiger partial charge in [-0.05, 0) is 6.07 Å². The van der Waals surface area contributed by atoms with Crippen molar-refractivity contribution in [3.05, 3.63) is 28.4 Å². The Bertz CT molecular complexity index is 515. The fourth-order valence-corrected chi connectivity index (χ4v) is 1.54. The lowest BCUT2D eigenvalue weighted by Gasteiger charge is -2.12. The van der Waals surface area contributed by atoms with Crippen LogP contribution in [-0.4, -0.2) is 46.4 Å². The van der Waals surface area contributed by atoms with Crippen molar-refractivity contribution in [1.82, 2.24) is 15.2 Å². The summed E-state index contributed by atoms with van der Waals surface area (Å²) in [5.74, 6) is 0.0129. The van der Waals surface area contributed by atoms with Gasteiger partial charge in [-0.1, -0.05) is 0 Å². The summed E-state index contributed by atoms with van der Waals surface area (Å²) in [6.45, 7) is 0.681. The largest absolute Gasteiger partial charge is 0.368 e. The van der Waals surface area contributed by atoms with Gasteiger partial charge in [-0.3, -0.25) is 14.9 Å². The molecule has 1 radical (unpaired) electrons. The second kappa shape index (κ2) is 5.29. The van der Waals surface area contributed by atoms with Crippen LogP contribution in [0.5, 0.6) is 0 Å². The molecule has 9 heteroatoms. The number of hydrogen-bond acceptors (Lipinski definition) is 6. The number of rotatable bonds is 5. The minimum absolute atomic E-state index is 0.00575. The van der Waals surface area contributed by atoms with Crippen LogP contribution in [0.3, 0.4) is 0 Å². The van der Waals surface area contributed by atoms with Crippen LogP contribution in [0, 0.1) is 10.1 Å². The van der Waals surface area contributed by atoms with Crippen molar-refractivity contribution in [2.24, 2.45) is 0 Å². The van der Waals surface area contributed by atoms with E-state index in [0.29, 0.717) is 18.9 Å². The molecule has 1 aliphatic rings. The predicted molar refractivity (Wildman–Crippen MR) is 63.5 cm³/mol. The molecule has 0 saturated carbocycles. The Balaban J connectivity index is 1.81. The van der Waals surface area contributed by atoms with E-state index < -0.39 is 16.9 Å². The monoisotopic (exact) mass is 264 g/mol. The van der Waals surface area contributed by atoms with E-state index in [4.69, 9.17) is 0 Å². The van der Waals surface area contributed by atoms with Crippen molar-refractivity contribution in [2.45, 2.75) is 0 Å². The number of carbonyl (C=O) groups is 2. The number of anilines is 1. The van der Waals surface area contributed by atoms with E-state index in [9.17, 15) is 19.7 Å². The van der Waals surface area contributed by atoms with Gasteiger partial charge in [0.25, 0.3) is 11.6 Å². The maximum Gasteiger partial charge on any atom is 0.347 e. The van der Waals surface area contributed by atoms with Crippen LogP contribution >= 0.6 is 0 Å². The Morgan fingerprint density at radius 3 is 2.74 bits per heavy atom. The lowest BCUT2D eigenvalue weighted by Crippen LogP contribution is -2.31. The minimum atomic E-state index is -0.538.